The number of carbonyl (C=O) groups excluding carboxylic acids is 2. The molecule has 2 aromatic rings. The fraction of sp³-hybridized carbons (Fsp3) is 0.100. The predicted molar refractivity (Wildman–Crippen MR) is 113 cm³/mol. The van der Waals surface area contributed by atoms with Gasteiger partial charge in [0.15, 0.2) is 0 Å². The average molecular weight is 457 g/mol. The van der Waals surface area contributed by atoms with E-state index in [1.807, 2.05) is 0 Å². The van der Waals surface area contributed by atoms with Gasteiger partial charge >= 0.3 is 5.97 Å². The van der Waals surface area contributed by atoms with Gasteiger partial charge in [0.2, 0.25) is 0 Å². The summed E-state index contributed by atoms with van der Waals surface area (Å²) < 4.78 is 4.88. The maximum Gasteiger partial charge on any atom is 0.340 e. The summed E-state index contributed by atoms with van der Waals surface area (Å²) in [6.45, 7) is 1.65. The molecule has 1 amide bonds. The highest BCUT2D eigenvalue weighted by Gasteiger charge is 2.38. The van der Waals surface area contributed by atoms with Crippen LogP contribution in [0.25, 0.3) is 6.08 Å². The first-order chi connectivity index (χ1) is 13.2. The number of nitrogens with zero attached hydrogens (tertiary/aromatic N) is 1. The monoisotopic (exact) mass is 455 g/mol. The van der Waals surface area contributed by atoms with Gasteiger partial charge in [-0.25, -0.2) is 4.79 Å². The predicted octanol–water partition coefficient (Wildman–Crippen LogP) is 6.18. The van der Waals surface area contributed by atoms with Crippen LogP contribution in [0.3, 0.4) is 0 Å². The van der Waals surface area contributed by atoms with Crippen molar-refractivity contribution >= 4 is 70.0 Å². The third-order valence-electron chi connectivity index (χ3n) is 4.15. The summed E-state index contributed by atoms with van der Waals surface area (Å²) in [4.78, 5) is 27.0. The number of halogens is 4. The normalized spacial score (nSPS) is 15.6. The Morgan fingerprint density at radius 2 is 1.64 bits per heavy atom. The van der Waals surface area contributed by atoms with Gasteiger partial charge in [-0.15, -0.1) is 0 Å². The molecule has 1 heterocycles. The summed E-state index contributed by atoms with van der Waals surface area (Å²) in [5.41, 5.74) is 1.77. The van der Waals surface area contributed by atoms with E-state index in [0.717, 1.165) is 0 Å². The molecule has 2 aromatic carbocycles. The number of allylic oxidation sites excluding steroid dienone is 1. The number of esters is 1. The van der Waals surface area contributed by atoms with Gasteiger partial charge in [0, 0.05) is 15.7 Å². The van der Waals surface area contributed by atoms with Crippen molar-refractivity contribution in [1.29, 1.82) is 0 Å². The molecule has 1 aliphatic heterocycles. The number of benzene rings is 2. The standard InChI is InChI=1S/C20H13Cl4NO3/c1-10-18(20(27)28-2)15(5-11-3-4-16(23)17(24)6-11)19(26)25(10)14-8-12(21)7-13(22)9-14/h3-9H,1-2H3/b15-5-. The number of carbonyl (C=O) groups is 2. The first-order valence-corrected chi connectivity index (χ1v) is 9.51. The molecule has 0 aliphatic carbocycles. The molecule has 144 valence electrons. The fourth-order valence-corrected chi connectivity index (χ4v) is 3.75. The van der Waals surface area contributed by atoms with Crippen molar-refractivity contribution in [3.05, 3.63) is 78.9 Å². The van der Waals surface area contributed by atoms with Crippen LogP contribution >= 0.6 is 46.4 Å². The number of rotatable bonds is 3. The van der Waals surface area contributed by atoms with Gasteiger partial charge in [0.05, 0.1) is 34.0 Å². The lowest BCUT2D eigenvalue weighted by molar-refractivity contribution is -0.136. The summed E-state index contributed by atoms with van der Waals surface area (Å²) >= 11 is 24.2. The van der Waals surface area contributed by atoms with Gasteiger partial charge in [-0.05, 0) is 48.9 Å². The minimum Gasteiger partial charge on any atom is -0.465 e. The highest BCUT2D eigenvalue weighted by atomic mass is 35.5. The first kappa shape index (κ1) is 20.7. The van der Waals surface area contributed by atoms with Crippen LogP contribution < -0.4 is 4.90 Å². The van der Waals surface area contributed by atoms with E-state index in [2.05, 4.69) is 0 Å². The van der Waals surface area contributed by atoms with E-state index in [-0.39, 0.29) is 11.1 Å². The zero-order valence-corrected chi connectivity index (χ0v) is 17.7. The zero-order valence-electron chi connectivity index (χ0n) is 14.7. The van der Waals surface area contributed by atoms with Crippen LogP contribution in [0, 0.1) is 0 Å². The highest BCUT2D eigenvalue weighted by Crippen LogP contribution is 2.37. The topological polar surface area (TPSA) is 46.6 Å². The van der Waals surface area contributed by atoms with Crippen LogP contribution in [-0.4, -0.2) is 19.0 Å². The zero-order chi connectivity index (χ0) is 20.6. The number of hydrogen-bond acceptors (Lipinski definition) is 3. The molecule has 0 unspecified atom stereocenters. The van der Waals surface area contributed by atoms with Crippen molar-refractivity contribution in [2.75, 3.05) is 12.0 Å². The van der Waals surface area contributed by atoms with Crippen LogP contribution in [0.5, 0.6) is 0 Å². The molecule has 3 rings (SSSR count). The lowest BCUT2D eigenvalue weighted by Crippen LogP contribution is -2.24. The summed E-state index contributed by atoms with van der Waals surface area (Å²) in [6.07, 6.45) is 1.56. The summed E-state index contributed by atoms with van der Waals surface area (Å²) in [5, 5.41) is 1.45. The molecule has 8 heteroatoms. The summed E-state index contributed by atoms with van der Waals surface area (Å²) in [6, 6.07) is 9.64. The lowest BCUT2D eigenvalue weighted by atomic mass is 10.0. The van der Waals surface area contributed by atoms with Gasteiger partial charge in [0.1, 0.15) is 0 Å². The number of hydrogen-bond donors (Lipinski definition) is 0. The Bertz CT molecular complexity index is 1040. The van der Waals surface area contributed by atoms with Crippen molar-refractivity contribution in [2.24, 2.45) is 0 Å². The molecule has 1 aliphatic rings. The van der Waals surface area contributed by atoms with Crippen molar-refractivity contribution in [3.63, 3.8) is 0 Å². The number of methoxy groups -OCH3 is 1. The van der Waals surface area contributed by atoms with Crippen LogP contribution in [0.1, 0.15) is 12.5 Å². The van der Waals surface area contributed by atoms with E-state index < -0.39 is 11.9 Å². The maximum atomic E-state index is 13.2. The minimum atomic E-state index is -0.632. The Balaban J connectivity index is 2.17. The smallest absolute Gasteiger partial charge is 0.340 e. The Hall–Kier alpha value is -1.98. The largest absolute Gasteiger partial charge is 0.465 e. The van der Waals surface area contributed by atoms with Crippen molar-refractivity contribution < 1.29 is 14.3 Å². The fourth-order valence-electron chi connectivity index (χ4n) is 2.93. The second kappa shape index (κ2) is 8.18. The van der Waals surface area contributed by atoms with Gasteiger partial charge in [-0.1, -0.05) is 52.5 Å². The molecule has 0 radical (unpaired) electrons. The van der Waals surface area contributed by atoms with E-state index in [1.54, 1.807) is 49.4 Å². The lowest BCUT2D eigenvalue weighted by Gasteiger charge is -2.18. The van der Waals surface area contributed by atoms with E-state index in [0.29, 0.717) is 37.0 Å². The molecule has 4 nitrogen and oxygen atoms in total. The highest BCUT2D eigenvalue weighted by molar-refractivity contribution is 6.42. The van der Waals surface area contributed by atoms with Gasteiger partial charge < -0.3 is 4.74 Å². The molecule has 0 atom stereocenters. The third kappa shape index (κ3) is 3.91. The summed E-state index contributed by atoms with van der Waals surface area (Å²) in [5.74, 6) is -1.05. The SMILES string of the molecule is COC(=O)C1=C(C)N(c2cc(Cl)cc(Cl)c2)C(=O)/C1=C\c1ccc(Cl)c(Cl)c1. The van der Waals surface area contributed by atoms with E-state index in [4.69, 9.17) is 51.1 Å². The van der Waals surface area contributed by atoms with E-state index in [1.165, 1.54) is 12.0 Å². The molecule has 0 N–H and O–H groups in total. The molecule has 0 bridgehead atoms. The Morgan fingerprint density at radius 1 is 1.00 bits per heavy atom. The van der Waals surface area contributed by atoms with Crippen LogP contribution in [0.15, 0.2) is 53.2 Å². The molecule has 0 fully saturated rings. The number of ether oxygens (including phenoxy) is 1. The Labute approximate surface area is 181 Å². The minimum absolute atomic E-state index is 0.148. The average Bonchev–Trinajstić information content (AvgIpc) is 2.87. The molecular weight excluding hydrogens is 444 g/mol. The maximum absolute atomic E-state index is 13.2. The first-order valence-electron chi connectivity index (χ1n) is 7.99. The van der Waals surface area contributed by atoms with Gasteiger partial charge in [-0.2, -0.15) is 0 Å². The molecule has 0 spiro atoms. The Morgan fingerprint density at radius 3 is 2.21 bits per heavy atom. The van der Waals surface area contributed by atoms with Crippen molar-refractivity contribution in [2.45, 2.75) is 6.92 Å². The van der Waals surface area contributed by atoms with Crippen molar-refractivity contribution in [3.8, 4) is 0 Å². The van der Waals surface area contributed by atoms with Crippen LogP contribution in [-0.2, 0) is 14.3 Å². The molecule has 0 saturated carbocycles. The van der Waals surface area contributed by atoms with E-state index in [9.17, 15) is 9.59 Å². The quantitative estimate of drug-likeness (QED) is 0.409. The second-order valence-corrected chi connectivity index (χ2v) is 7.64. The second-order valence-electron chi connectivity index (χ2n) is 5.95. The number of amides is 1. The Kier molecular flexibility index (Phi) is 6.06. The van der Waals surface area contributed by atoms with Gasteiger partial charge in [-0.3, -0.25) is 9.69 Å². The molecule has 0 saturated heterocycles. The molecule has 0 aromatic heterocycles. The number of anilines is 1. The van der Waals surface area contributed by atoms with E-state index >= 15 is 0 Å². The molecule has 28 heavy (non-hydrogen) atoms. The van der Waals surface area contributed by atoms with Gasteiger partial charge in [0.25, 0.3) is 5.91 Å². The molecular formula is C20H13Cl4NO3. The van der Waals surface area contributed by atoms with Crippen LogP contribution in [0.4, 0.5) is 5.69 Å². The van der Waals surface area contributed by atoms with Crippen LogP contribution in [0.2, 0.25) is 20.1 Å². The summed E-state index contributed by atoms with van der Waals surface area (Å²) in [7, 11) is 1.25. The van der Waals surface area contributed by atoms with Crippen molar-refractivity contribution in [1.82, 2.24) is 0 Å². The third-order valence-corrected chi connectivity index (χ3v) is 5.33.